The largest absolute Gasteiger partial charge is 1.00 e. The molecule has 4 aromatic rings. The van der Waals surface area contributed by atoms with E-state index in [-0.39, 0.29) is 30.6 Å². The van der Waals surface area contributed by atoms with E-state index in [1.165, 1.54) is 21.5 Å². The minimum atomic E-state index is -1.88. The Balaban J connectivity index is 0.00000289. The van der Waals surface area contributed by atoms with Crippen LogP contribution in [0.25, 0.3) is 0 Å². The van der Waals surface area contributed by atoms with E-state index in [4.69, 9.17) is 0 Å². The van der Waals surface area contributed by atoms with Gasteiger partial charge in [0.15, 0.2) is 0 Å². The molecule has 4 heteroatoms. The van der Waals surface area contributed by atoms with E-state index in [0.717, 1.165) is 11.8 Å². The van der Waals surface area contributed by atoms with Crippen LogP contribution in [0.4, 0.5) is 5.69 Å². The zero-order valence-corrected chi connectivity index (χ0v) is 21.4. The lowest BCUT2D eigenvalue weighted by atomic mass is 10.2. The molecule has 0 heterocycles. The minimum absolute atomic E-state index is 0. The minimum Gasteiger partial charge on any atom is -1.00 e. The van der Waals surface area contributed by atoms with Crippen LogP contribution in [0.3, 0.4) is 0 Å². The van der Waals surface area contributed by atoms with Crippen molar-refractivity contribution < 1.29 is 29.1 Å². The molecule has 0 radical (unpaired) electrons. The van der Waals surface area contributed by atoms with E-state index in [0.29, 0.717) is 6.54 Å². The van der Waals surface area contributed by atoms with Gasteiger partial charge >= 0.3 is 0 Å². The van der Waals surface area contributed by atoms with Gasteiger partial charge in [0.25, 0.3) is 0 Å². The number of benzene rings is 4. The molecule has 32 heavy (non-hydrogen) atoms. The molecule has 0 aromatic heterocycles. The van der Waals surface area contributed by atoms with Gasteiger partial charge in [0.1, 0.15) is 23.2 Å². The number of likely N-dealkylation sites (N-methyl/N-ethyl adjacent to an activating group) is 1. The molecule has 164 valence electrons. The fraction of sp³-hybridized carbons (Fsp3) is 0.143. The number of halogens is 1. The van der Waals surface area contributed by atoms with Crippen molar-refractivity contribution in [1.29, 1.82) is 0 Å². The first-order chi connectivity index (χ1) is 15.2. The van der Waals surface area contributed by atoms with Crippen molar-refractivity contribution >= 4 is 28.9 Å². The molecule has 4 aromatic carbocycles. The molecular weight excluding hydrogens is 524 g/mol. The second-order valence-electron chi connectivity index (χ2n) is 7.79. The van der Waals surface area contributed by atoms with Gasteiger partial charge in [-0.3, -0.25) is 0 Å². The van der Waals surface area contributed by atoms with E-state index in [1.54, 1.807) is 0 Å². The lowest BCUT2D eigenvalue weighted by molar-refractivity contribution is -0.00000720. The van der Waals surface area contributed by atoms with E-state index in [1.807, 2.05) is 7.05 Å². The summed E-state index contributed by atoms with van der Waals surface area (Å²) in [5.41, 5.74) is 2.45. The Morgan fingerprint density at radius 3 is 1.41 bits per heavy atom. The highest BCUT2D eigenvalue weighted by Crippen LogP contribution is 2.58. The Labute approximate surface area is 209 Å². The van der Waals surface area contributed by atoms with Crippen molar-refractivity contribution in [2.75, 3.05) is 25.1 Å². The first-order valence-corrected chi connectivity index (χ1v) is 12.7. The first kappa shape index (κ1) is 24.4. The lowest BCUT2D eigenvalue weighted by Crippen LogP contribution is -3.00. The summed E-state index contributed by atoms with van der Waals surface area (Å²) in [6.45, 7) is 0.789. The second-order valence-corrected chi connectivity index (χ2v) is 11.3. The number of hydrogen-bond donors (Lipinski definition) is 1. The standard InChI is InChI=1S/C28H29NOP.HI/c1-29(21-22-30)25-19-17-24(18-20-25)23-31(26-11-5-2-6-12-26,27-13-7-3-8-14-27)28-15-9-4-10-16-28;/h2-20,30H,21-23H2,1H3;1H/q+1;/p-1. The fourth-order valence-corrected chi connectivity index (χ4v) is 8.42. The van der Waals surface area contributed by atoms with Crippen LogP contribution in [0, 0.1) is 0 Å². The van der Waals surface area contributed by atoms with Crippen molar-refractivity contribution in [2.45, 2.75) is 6.16 Å². The van der Waals surface area contributed by atoms with Crippen LogP contribution in [0.15, 0.2) is 115 Å². The molecule has 0 bridgehead atoms. The zero-order valence-electron chi connectivity index (χ0n) is 18.3. The Bertz CT molecular complexity index is 976. The Kier molecular flexibility index (Phi) is 8.86. The van der Waals surface area contributed by atoms with Crippen molar-refractivity contribution in [2.24, 2.45) is 0 Å². The summed E-state index contributed by atoms with van der Waals surface area (Å²) >= 11 is 0. The Hall–Kier alpha value is -2.20. The number of anilines is 1. The molecule has 0 fully saturated rings. The van der Waals surface area contributed by atoms with Gasteiger partial charge in [-0.2, -0.15) is 0 Å². The molecule has 0 saturated heterocycles. The van der Waals surface area contributed by atoms with Crippen molar-refractivity contribution in [3.8, 4) is 0 Å². The average Bonchev–Trinajstić information content (AvgIpc) is 2.85. The van der Waals surface area contributed by atoms with Crippen LogP contribution >= 0.6 is 7.26 Å². The molecule has 0 amide bonds. The number of rotatable bonds is 8. The Morgan fingerprint density at radius 2 is 1.03 bits per heavy atom. The summed E-state index contributed by atoms with van der Waals surface area (Å²) in [6.07, 6.45) is 0.967. The van der Waals surface area contributed by atoms with E-state index >= 15 is 0 Å². The zero-order chi connectivity index (χ0) is 21.5. The van der Waals surface area contributed by atoms with Crippen LogP contribution < -0.4 is 44.8 Å². The molecule has 1 N–H and O–H groups in total. The number of nitrogens with zero attached hydrogens (tertiary/aromatic N) is 1. The first-order valence-electron chi connectivity index (χ1n) is 10.7. The predicted octanol–water partition coefficient (Wildman–Crippen LogP) is 1.61. The molecule has 0 aliphatic heterocycles. The van der Waals surface area contributed by atoms with E-state index in [2.05, 4.69) is 120 Å². The summed E-state index contributed by atoms with van der Waals surface area (Å²) in [7, 11) is 0.134. The molecule has 4 rings (SSSR count). The van der Waals surface area contributed by atoms with Crippen LogP contribution in [0.5, 0.6) is 0 Å². The third-order valence-electron chi connectivity index (χ3n) is 5.82. The fourth-order valence-electron chi connectivity index (χ4n) is 4.18. The maximum Gasteiger partial charge on any atom is 0.116 e. The van der Waals surface area contributed by atoms with Gasteiger partial charge in [0, 0.05) is 19.3 Å². The second kappa shape index (κ2) is 11.6. The van der Waals surface area contributed by atoms with Gasteiger partial charge in [-0.15, -0.1) is 0 Å². The molecule has 0 saturated carbocycles. The van der Waals surface area contributed by atoms with Gasteiger partial charge in [0.2, 0.25) is 0 Å². The summed E-state index contributed by atoms with van der Waals surface area (Å²) in [4.78, 5) is 2.08. The predicted molar refractivity (Wildman–Crippen MR) is 136 cm³/mol. The molecular formula is C28H29INOP. The molecule has 0 atom stereocenters. The number of aliphatic hydroxyl groups excluding tert-OH is 1. The average molecular weight is 553 g/mol. The molecule has 0 unspecified atom stereocenters. The van der Waals surface area contributed by atoms with Crippen LogP contribution in [-0.2, 0) is 6.16 Å². The Morgan fingerprint density at radius 1 is 0.625 bits per heavy atom. The van der Waals surface area contributed by atoms with Crippen LogP contribution in [0.1, 0.15) is 5.56 Å². The third-order valence-corrected chi connectivity index (χ3v) is 10.2. The van der Waals surface area contributed by atoms with Gasteiger partial charge in [-0.1, -0.05) is 66.7 Å². The molecule has 0 spiro atoms. The number of aliphatic hydroxyl groups is 1. The van der Waals surface area contributed by atoms with Gasteiger partial charge < -0.3 is 34.0 Å². The van der Waals surface area contributed by atoms with Gasteiger partial charge in [-0.05, 0) is 54.1 Å². The van der Waals surface area contributed by atoms with E-state index < -0.39 is 7.26 Å². The smallest absolute Gasteiger partial charge is 0.116 e. The summed E-state index contributed by atoms with van der Waals surface area (Å²) in [5, 5.41) is 13.4. The lowest BCUT2D eigenvalue weighted by Gasteiger charge is -2.28. The SMILES string of the molecule is CN(CCO)c1ccc(C[P+](c2ccccc2)(c2ccccc2)c2ccccc2)cc1.[I-]. The van der Waals surface area contributed by atoms with Crippen molar-refractivity contribution in [3.63, 3.8) is 0 Å². The van der Waals surface area contributed by atoms with Gasteiger partial charge in [0.05, 0.1) is 12.8 Å². The maximum absolute atomic E-state index is 9.25. The normalized spacial score (nSPS) is 10.9. The third kappa shape index (κ3) is 5.23. The monoisotopic (exact) mass is 553 g/mol. The van der Waals surface area contributed by atoms with Crippen molar-refractivity contribution in [1.82, 2.24) is 0 Å². The van der Waals surface area contributed by atoms with Crippen LogP contribution in [-0.4, -0.2) is 25.3 Å². The topological polar surface area (TPSA) is 23.5 Å². The quantitative estimate of drug-likeness (QED) is 0.265. The molecule has 0 aliphatic rings. The summed E-state index contributed by atoms with van der Waals surface area (Å²) in [6, 6.07) is 41.8. The molecule has 0 aliphatic carbocycles. The molecule has 2 nitrogen and oxygen atoms in total. The highest BCUT2D eigenvalue weighted by molar-refractivity contribution is 7.95. The maximum atomic E-state index is 9.25. The van der Waals surface area contributed by atoms with Gasteiger partial charge in [-0.25, -0.2) is 0 Å². The summed E-state index contributed by atoms with van der Waals surface area (Å²) in [5.74, 6) is 0. The highest BCUT2D eigenvalue weighted by Gasteiger charge is 2.45. The summed E-state index contributed by atoms with van der Waals surface area (Å²) < 4.78 is 0. The number of hydrogen-bond acceptors (Lipinski definition) is 2. The van der Waals surface area contributed by atoms with E-state index in [9.17, 15) is 5.11 Å². The highest BCUT2D eigenvalue weighted by atomic mass is 127. The van der Waals surface area contributed by atoms with Crippen LogP contribution in [0.2, 0.25) is 0 Å². The van der Waals surface area contributed by atoms with Crippen molar-refractivity contribution in [3.05, 3.63) is 121 Å².